The Bertz CT molecular complexity index is 682. The van der Waals surface area contributed by atoms with Gasteiger partial charge in [0.05, 0.1) is 11.8 Å². The fourth-order valence-electron chi connectivity index (χ4n) is 1.60. The van der Waals surface area contributed by atoms with Crippen molar-refractivity contribution in [2.24, 2.45) is 7.05 Å². The zero-order chi connectivity index (χ0) is 13.1. The van der Waals surface area contributed by atoms with Crippen molar-refractivity contribution in [1.82, 2.24) is 10.2 Å². The number of hydrogen-bond acceptors (Lipinski definition) is 4. The molecule has 0 atom stereocenters. The highest BCUT2D eigenvalue weighted by molar-refractivity contribution is 5.63. The normalized spacial score (nSPS) is 11.2. The van der Waals surface area contributed by atoms with E-state index in [0.29, 0.717) is 11.8 Å². The summed E-state index contributed by atoms with van der Waals surface area (Å²) in [5, 5.41) is 7.97. The van der Waals surface area contributed by atoms with Crippen LogP contribution in [0.2, 0.25) is 0 Å². The van der Waals surface area contributed by atoms with Gasteiger partial charge in [0.25, 0.3) is 0 Å². The molecule has 94 valence electrons. The van der Waals surface area contributed by atoms with E-state index in [1.807, 2.05) is 48.3 Å². The van der Waals surface area contributed by atoms with Crippen molar-refractivity contribution in [2.75, 3.05) is 0 Å². The first-order chi connectivity index (χ1) is 9.31. The third-order valence-electron chi connectivity index (χ3n) is 2.60. The third kappa shape index (κ3) is 2.60. The number of furan rings is 1. The smallest absolute Gasteiger partial charge is 0.248 e. The molecule has 0 aliphatic rings. The Kier molecular flexibility index (Phi) is 2.94. The van der Waals surface area contributed by atoms with Crippen LogP contribution in [0.25, 0.3) is 23.6 Å². The summed E-state index contributed by atoms with van der Waals surface area (Å²) in [4.78, 5) is 0. The van der Waals surface area contributed by atoms with E-state index in [4.69, 9.17) is 8.83 Å². The van der Waals surface area contributed by atoms with E-state index >= 15 is 0 Å². The molecule has 3 rings (SSSR count). The molecular formula is C14H12N3O2+. The molecule has 3 aromatic rings. The number of nitrogens with zero attached hydrogens (tertiary/aromatic N) is 3. The lowest BCUT2D eigenvalue weighted by Gasteiger charge is -1.91. The number of aryl methyl sites for hydroxylation is 1. The Morgan fingerprint density at radius 1 is 1.11 bits per heavy atom. The molecule has 0 aliphatic carbocycles. The Morgan fingerprint density at radius 2 is 1.95 bits per heavy atom. The Labute approximate surface area is 109 Å². The molecule has 5 nitrogen and oxygen atoms in total. The highest BCUT2D eigenvalue weighted by atomic mass is 16.4. The van der Waals surface area contributed by atoms with Gasteiger partial charge in [-0.3, -0.25) is 0 Å². The lowest BCUT2D eigenvalue weighted by molar-refractivity contribution is -0.671. The van der Waals surface area contributed by atoms with Crippen LogP contribution in [0, 0.1) is 0 Å². The molecule has 0 aromatic carbocycles. The van der Waals surface area contributed by atoms with Crippen LogP contribution in [-0.2, 0) is 7.05 Å². The quantitative estimate of drug-likeness (QED) is 0.673. The average molecular weight is 254 g/mol. The zero-order valence-corrected chi connectivity index (χ0v) is 10.4. The van der Waals surface area contributed by atoms with Gasteiger partial charge in [-0.25, -0.2) is 4.57 Å². The van der Waals surface area contributed by atoms with Crippen LogP contribution < -0.4 is 4.57 Å². The summed E-state index contributed by atoms with van der Waals surface area (Å²) in [7, 11) is 1.95. The van der Waals surface area contributed by atoms with Gasteiger partial charge in [-0.2, -0.15) is 0 Å². The van der Waals surface area contributed by atoms with Crippen molar-refractivity contribution >= 4 is 12.2 Å². The molecule has 19 heavy (non-hydrogen) atoms. The second kappa shape index (κ2) is 4.89. The predicted molar refractivity (Wildman–Crippen MR) is 68.5 cm³/mol. The highest BCUT2D eigenvalue weighted by Gasteiger charge is 2.07. The maximum atomic E-state index is 5.55. The summed E-state index contributed by atoms with van der Waals surface area (Å²) >= 11 is 0. The van der Waals surface area contributed by atoms with Gasteiger partial charge in [0, 0.05) is 18.2 Å². The molecule has 0 fully saturated rings. The summed E-state index contributed by atoms with van der Waals surface area (Å²) in [5.41, 5.74) is 0.892. The SMILES string of the molecule is C[n+]1ccc(-c2nnc(/C=C/c3ccco3)o2)cc1. The highest BCUT2D eigenvalue weighted by Crippen LogP contribution is 2.17. The van der Waals surface area contributed by atoms with Crippen LogP contribution in [0.4, 0.5) is 0 Å². The third-order valence-corrected chi connectivity index (χ3v) is 2.60. The topological polar surface area (TPSA) is 55.9 Å². The Balaban J connectivity index is 1.81. The molecule has 0 saturated carbocycles. The monoisotopic (exact) mass is 254 g/mol. The number of hydrogen-bond donors (Lipinski definition) is 0. The van der Waals surface area contributed by atoms with Gasteiger partial charge in [0.15, 0.2) is 12.4 Å². The summed E-state index contributed by atoms with van der Waals surface area (Å²) < 4.78 is 12.7. The van der Waals surface area contributed by atoms with Gasteiger partial charge in [-0.1, -0.05) is 0 Å². The molecule has 0 N–H and O–H groups in total. The van der Waals surface area contributed by atoms with Gasteiger partial charge >= 0.3 is 0 Å². The molecule has 0 saturated heterocycles. The van der Waals surface area contributed by atoms with Crippen molar-refractivity contribution in [3.05, 3.63) is 54.6 Å². The summed E-state index contributed by atoms with van der Waals surface area (Å²) in [6, 6.07) is 7.52. The minimum absolute atomic E-state index is 0.444. The minimum atomic E-state index is 0.444. The summed E-state index contributed by atoms with van der Waals surface area (Å²) in [6.45, 7) is 0. The van der Waals surface area contributed by atoms with Gasteiger partial charge in [-0.05, 0) is 18.2 Å². The van der Waals surface area contributed by atoms with E-state index in [-0.39, 0.29) is 0 Å². The first kappa shape index (κ1) is 11.4. The van der Waals surface area contributed by atoms with E-state index in [9.17, 15) is 0 Å². The first-order valence-corrected chi connectivity index (χ1v) is 5.82. The predicted octanol–water partition coefficient (Wildman–Crippen LogP) is 2.32. The van der Waals surface area contributed by atoms with Crippen LogP contribution >= 0.6 is 0 Å². The zero-order valence-electron chi connectivity index (χ0n) is 10.4. The Morgan fingerprint density at radius 3 is 2.68 bits per heavy atom. The van der Waals surface area contributed by atoms with Gasteiger partial charge < -0.3 is 8.83 Å². The van der Waals surface area contributed by atoms with Gasteiger partial charge in [-0.15, -0.1) is 10.2 Å². The van der Waals surface area contributed by atoms with Crippen LogP contribution in [0.15, 0.2) is 51.8 Å². The molecule has 0 bridgehead atoms. The van der Waals surface area contributed by atoms with Crippen LogP contribution in [0.1, 0.15) is 11.7 Å². The second-order valence-corrected chi connectivity index (χ2v) is 4.05. The van der Waals surface area contributed by atoms with Crippen molar-refractivity contribution in [1.29, 1.82) is 0 Å². The van der Waals surface area contributed by atoms with Gasteiger partial charge in [0.1, 0.15) is 12.8 Å². The number of aromatic nitrogens is 3. The van der Waals surface area contributed by atoms with Crippen LogP contribution in [-0.4, -0.2) is 10.2 Å². The maximum Gasteiger partial charge on any atom is 0.248 e. The average Bonchev–Trinajstić information content (AvgIpc) is 3.09. The molecule has 0 unspecified atom stereocenters. The van der Waals surface area contributed by atoms with Crippen molar-refractivity contribution in [3.63, 3.8) is 0 Å². The van der Waals surface area contributed by atoms with Crippen LogP contribution in [0.5, 0.6) is 0 Å². The molecule has 0 amide bonds. The van der Waals surface area contributed by atoms with E-state index in [1.165, 1.54) is 0 Å². The van der Waals surface area contributed by atoms with Gasteiger partial charge in [0.2, 0.25) is 11.8 Å². The van der Waals surface area contributed by atoms with Crippen molar-refractivity contribution < 1.29 is 13.4 Å². The fraction of sp³-hybridized carbons (Fsp3) is 0.0714. The van der Waals surface area contributed by atoms with Crippen molar-refractivity contribution in [2.45, 2.75) is 0 Å². The standard InChI is InChI=1S/C14H12N3O2/c1-17-8-6-11(7-9-17)14-16-15-13(19-14)5-4-12-3-2-10-18-12/h2-10H,1H3/q+1/b5-4+. The molecule has 3 heterocycles. The second-order valence-electron chi connectivity index (χ2n) is 4.05. The molecule has 0 radical (unpaired) electrons. The van der Waals surface area contributed by atoms with Crippen molar-refractivity contribution in [3.8, 4) is 11.5 Å². The molecular weight excluding hydrogens is 242 g/mol. The fourth-order valence-corrected chi connectivity index (χ4v) is 1.60. The number of rotatable bonds is 3. The largest absolute Gasteiger partial charge is 0.465 e. The lowest BCUT2D eigenvalue weighted by atomic mass is 10.3. The maximum absolute atomic E-state index is 5.55. The Hall–Kier alpha value is -2.69. The number of pyridine rings is 1. The van der Waals surface area contributed by atoms with E-state index in [1.54, 1.807) is 18.4 Å². The minimum Gasteiger partial charge on any atom is -0.465 e. The first-order valence-electron chi connectivity index (χ1n) is 5.82. The molecule has 0 spiro atoms. The lowest BCUT2D eigenvalue weighted by Crippen LogP contribution is -2.25. The van der Waals surface area contributed by atoms with E-state index in [2.05, 4.69) is 10.2 Å². The summed E-state index contributed by atoms with van der Waals surface area (Å²) in [5.74, 6) is 1.69. The van der Waals surface area contributed by atoms with E-state index in [0.717, 1.165) is 11.3 Å². The van der Waals surface area contributed by atoms with Crippen LogP contribution in [0.3, 0.4) is 0 Å². The molecule has 3 aromatic heterocycles. The van der Waals surface area contributed by atoms with E-state index < -0.39 is 0 Å². The summed E-state index contributed by atoms with van der Waals surface area (Å²) in [6.07, 6.45) is 8.97. The molecule has 0 aliphatic heterocycles. The molecule has 5 heteroatoms.